The lowest BCUT2D eigenvalue weighted by atomic mass is 10.1. The first-order chi connectivity index (χ1) is 8.16. The molecule has 0 aliphatic carbocycles. The Morgan fingerprint density at radius 3 is 1.94 bits per heavy atom. The minimum atomic E-state index is -0.126. The number of phenols is 2. The van der Waals surface area contributed by atoms with Crippen molar-refractivity contribution < 1.29 is 10.2 Å². The van der Waals surface area contributed by atoms with Crippen molar-refractivity contribution in [3.63, 3.8) is 0 Å². The summed E-state index contributed by atoms with van der Waals surface area (Å²) in [5.74, 6) is -0.251. The molecule has 3 heteroatoms. The average molecular weight is 247 g/mol. The SMILES string of the molecule is Oc1cc(C=Cc2ccccc2)cc(O)c1Cl. The van der Waals surface area contributed by atoms with Crippen molar-refractivity contribution in [1.29, 1.82) is 0 Å². The molecule has 2 aromatic rings. The van der Waals surface area contributed by atoms with Gasteiger partial charge < -0.3 is 10.2 Å². The first-order valence-corrected chi connectivity index (χ1v) is 5.49. The maximum Gasteiger partial charge on any atom is 0.138 e. The van der Waals surface area contributed by atoms with E-state index in [0.717, 1.165) is 5.56 Å². The number of benzene rings is 2. The van der Waals surface area contributed by atoms with Crippen LogP contribution in [0.3, 0.4) is 0 Å². The number of halogens is 1. The Balaban J connectivity index is 2.28. The molecule has 0 spiro atoms. The van der Waals surface area contributed by atoms with Gasteiger partial charge in [0.1, 0.15) is 16.5 Å². The van der Waals surface area contributed by atoms with E-state index in [-0.39, 0.29) is 16.5 Å². The number of rotatable bonds is 2. The van der Waals surface area contributed by atoms with Crippen LogP contribution in [0.1, 0.15) is 11.1 Å². The lowest BCUT2D eigenvalue weighted by Gasteiger charge is -2.01. The number of hydrogen-bond donors (Lipinski definition) is 2. The number of hydrogen-bond acceptors (Lipinski definition) is 2. The van der Waals surface area contributed by atoms with Crippen LogP contribution in [0.4, 0.5) is 0 Å². The molecule has 0 unspecified atom stereocenters. The minimum absolute atomic E-state index is 0.0261. The van der Waals surface area contributed by atoms with Gasteiger partial charge in [0.25, 0.3) is 0 Å². The molecular weight excluding hydrogens is 236 g/mol. The molecule has 0 fully saturated rings. The molecular formula is C14H11ClO2. The van der Waals surface area contributed by atoms with E-state index in [1.54, 1.807) is 6.08 Å². The monoisotopic (exact) mass is 246 g/mol. The van der Waals surface area contributed by atoms with E-state index in [0.29, 0.717) is 5.56 Å². The average Bonchev–Trinajstić information content (AvgIpc) is 2.34. The molecule has 17 heavy (non-hydrogen) atoms. The van der Waals surface area contributed by atoms with Crippen LogP contribution in [0.5, 0.6) is 11.5 Å². The van der Waals surface area contributed by atoms with Crippen LogP contribution >= 0.6 is 11.6 Å². The van der Waals surface area contributed by atoms with Gasteiger partial charge in [0.2, 0.25) is 0 Å². The van der Waals surface area contributed by atoms with Crippen molar-refractivity contribution in [2.75, 3.05) is 0 Å². The summed E-state index contributed by atoms with van der Waals surface area (Å²) >= 11 is 5.64. The fourth-order valence-electron chi connectivity index (χ4n) is 1.47. The van der Waals surface area contributed by atoms with Crippen molar-refractivity contribution >= 4 is 23.8 Å². The summed E-state index contributed by atoms with van der Waals surface area (Å²) in [4.78, 5) is 0. The number of phenolic OH excluding ortho intramolecular Hbond substituents is 2. The Kier molecular flexibility index (Phi) is 3.35. The van der Waals surface area contributed by atoms with Crippen LogP contribution in [0, 0.1) is 0 Å². The summed E-state index contributed by atoms with van der Waals surface area (Å²) in [6.07, 6.45) is 3.69. The van der Waals surface area contributed by atoms with E-state index in [4.69, 9.17) is 11.6 Å². The summed E-state index contributed by atoms with van der Waals surface area (Å²) in [6, 6.07) is 12.8. The van der Waals surface area contributed by atoms with Crippen molar-refractivity contribution in [2.24, 2.45) is 0 Å². The van der Waals surface area contributed by atoms with Gasteiger partial charge in [-0.3, -0.25) is 0 Å². The molecule has 2 N–H and O–H groups in total. The largest absolute Gasteiger partial charge is 0.506 e. The first kappa shape index (κ1) is 11.6. The molecule has 0 aliphatic heterocycles. The Hall–Kier alpha value is -1.93. The van der Waals surface area contributed by atoms with Gasteiger partial charge in [-0.25, -0.2) is 0 Å². The van der Waals surface area contributed by atoms with Gasteiger partial charge in [-0.15, -0.1) is 0 Å². The molecule has 2 nitrogen and oxygen atoms in total. The summed E-state index contributed by atoms with van der Waals surface area (Å²) in [5.41, 5.74) is 1.73. The van der Waals surface area contributed by atoms with Crippen molar-refractivity contribution in [2.45, 2.75) is 0 Å². The molecule has 0 radical (unpaired) electrons. The van der Waals surface area contributed by atoms with Crippen molar-refractivity contribution in [3.05, 3.63) is 58.6 Å². The zero-order valence-corrected chi connectivity index (χ0v) is 9.72. The second kappa shape index (κ2) is 4.93. The Labute approximate surface area is 104 Å². The maximum atomic E-state index is 9.45. The fourth-order valence-corrected chi connectivity index (χ4v) is 1.58. The van der Waals surface area contributed by atoms with Gasteiger partial charge in [0.05, 0.1) is 0 Å². The highest BCUT2D eigenvalue weighted by Crippen LogP contribution is 2.34. The topological polar surface area (TPSA) is 40.5 Å². The Bertz CT molecular complexity index is 524. The zero-order chi connectivity index (χ0) is 12.3. The van der Waals surface area contributed by atoms with Gasteiger partial charge >= 0.3 is 0 Å². The molecule has 0 heterocycles. The van der Waals surface area contributed by atoms with E-state index in [9.17, 15) is 10.2 Å². The Morgan fingerprint density at radius 1 is 0.824 bits per heavy atom. The van der Waals surface area contributed by atoms with Crippen LogP contribution < -0.4 is 0 Å². The highest BCUT2D eigenvalue weighted by molar-refractivity contribution is 6.33. The normalized spacial score (nSPS) is 10.9. The third-order valence-corrected chi connectivity index (χ3v) is 2.71. The molecule has 0 atom stereocenters. The lowest BCUT2D eigenvalue weighted by Crippen LogP contribution is -1.76. The quantitative estimate of drug-likeness (QED) is 0.789. The third kappa shape index (κ3) is 2.80. The van der Waals surface area contributed by atoms with Crippen LogP contribution in [0.25, 0.3) is 12.2 Å². The van der Waals surface area contributed by atoms with E-state index < -0.39 is 0 Å². The molecule has 0 saturated heterocycles. The van der Waals surface area contributed by atoms with Gasteiger partial charge in [-0.05, 0) is 23.3 Å². The van der Waals surface area contributed by atoms with Crippen molar-refractivity contribution in [1.82, 2.24) is 0 Å². The Morgan fingerprint density at radius 2 is 1.35 bits per heavy atom. The fraction of sp³-hybridized carbons (Fsp3) is 0. The van der Waals surface area contributed by atoms with Crippen LogP contribution in [-0.2, 0) is 0 Å². The van der Waals surface area contributed by atoms with Gasteiger partial charge in [-0.2, -0.15) is 0 Å². The van der Waals surface area contributed by atoms with E-state index >= 15 is 0 Å². The number of aromatic hydroxyl groups is 2. The minimum Gasteiger partial charge on any atom is -0.506 e. The highest BCUT2D eigenvalue weighted by atomic mass is 35.5. The molecule has 0 amide bonds. The predicted octanol–water partition coefficient (Wildman–Crippen LogP) is 3.92. The van der Waals surface area contributed by atoms with Crippen LogP contribution in [0.15, 0.2) is 42.5 Å². The first-order valence-electron chi connectivity index (χ1n) is 5.11. The molecule has 0 bridgehead atoms. The van der Waals surface area contributed by atoms with Crippen LogP contribution in [-0.4, -0.2) is 10.2 Å². The van der Waals surface area contributed by atoms with Gasteiger partial charge in [-0.1, -0.05) is 54.1 Å². The molecule has 2 aromatic carbocycles. The smallest absolute Gasteiger partial charge is 0.138 e. The second-order valence-electron chi connectivity index (χ2n) is 3.62. The van der Waals surface area contributed by atoms with Gasteiger partial charge in [0, 0.05) is 0 Å². The van der Waals surface area contributed by atoms with Crippen LogP contribution in [0.2, 0.25) is 5.02 Å². The standard InChI is InChI=1S/C14H11ClO2/c15-14-12(16)8-11(9-13(14)17)7-6-10-4-2-1-3-5-10/h1-9,16-17H. The zero-order valence-electron chi connectivity index (χ0n) is 8.97. The van der Waals surface area contributed by atoms with E-state index in [1.165, 1.54) is 12.1 Å². The van der Waals surface area contributed by atoms with E-state index in [2.05, 4.69) is 0 Å². The molecule has 0 saturated carbocycles. The molecule has 2 rings (SSSR count). The molecule has 0 aliphatic rings. The molecule has 86 valence electrons. The third-order valence-electron chi connectivity index (χ3n) is 2.32. The summed E-state index contributed by atoms with van der Waals surface area (Å²) in [5, 5.41) is 18.9. The summed E-state index contributed by atoms with van der Waals surface area (Å²) in [7, 11) is 0. The summed E-state index contributed by atoms with van der Waals surface area (Å²) in [6.45, 7) is 0. The van der Waals surface area contributed by atoms with Gasteiger partial charge in [0.15, 0.2) is 0 Å². The lowest BCUT2D eigenvalue weighted by molar-refractivity contribution is 0.451. The summed E-state index contributed by atoms with van der Waals surface area (Å²) < 4.78 is 0. The predicted molar refractivity (Wildman–Crippen MR) is 70.2 cm³/mol. The van der Waals surface area contributed by atoms with Crippen molar-refractivity contribution in [3.8, 4) is 11.5 Å². The van der Waals surface area contributed by atoms with E-state index in [1.807, 2.05) is 36.4 Å². The maximum absolute atomic E-state index is 9.45. The second-order valence-corrected chi connectivity index (χ2v) is 4.00. The highest BCUT2D eigenvalue weighted by Gasteiger charge is 2.05. The molecule has 0 aromatic heterocycles.